The van der Waals surface area contributed by atoms with Crippen LogP contribution in [0.15, 0.2) is 0 Å². The van der Waals surface area contributed by atoms with Gasteiger partial charge in [-0.3, -0.25) is 9.59 Å². The maximum atomic E-state index is 10.0. The van der Waals surface area contributed by atoms with Gasteiger partial charge in [-0.25, -0.2) is 0 Å². The van der Waals surface area contributed by atoms with E-state index in [1.54, 1.807) is 0 Å². The molecule has 0 aliphatic rings. The van der Waals surface area contributed by atoms with Crippen molar-refractivity contribution < 1.29 is 28.1 Å². The van der Waals surface area contributed by atoms with Gasteiger partial charge in [0.1, 0.15) is 0 Å². The first-order valence-electron chi connectivity index (χ1n) is 2.29. The van der Waals surface area contributed by atoms with Crippen LogP contribution in [0.2, 0.25) is 0 Å². The van der Waals surface area contributed by atoms with E-state index in [9.17, 15) is 9.59 Å². The second-order valence-electron chi connectivity index (χ2n) is 1.32. The van der Waals surface area contributed by atoms with E-state index < -0.39 is 27.8 Å². The Bertz CT molecular complexity index is 110. The van der Waals surface area contributed by atoms with Gasteiger partial charge in [0.2, 0.25) is 0 Å². The number of hydrogen-bond acceptors (Lipinski definition) is 4. The maximum Gasteiger partial charge on any atom is 0.885 e. The first-order chi connectivity index (χ1) is 4.13. The van der Waals surface area contributed by atoms with E-state index in [0.717, 1.165) is 0 Å². The van der Waals surface area contributed by atoms with E-state index in [-0.39, 0.29) is 11.0 Å². The Labute approximate surface area is 70.5 Å². The van der Waals surface area contributed by atoms with Gasteiger partial charge in [-0.05, 0) is 0 Å². The molecule has 0 atom stereocenters. The van der Waals surface area contributed by atoms with Crippen molar-refractivity contribution in [2.45, 2.75) is 13.8 Å². The van der Waals surface area contributed by atoms with Gasteiger partial charge >= 0.3 is 15.9 Å². The second-order valence-corrected chi connectivity index (χ2v) is 1.98. The summed E-state index contributed by atoms with van der Waals surface area (Å²) in [5, 5.41) is 0. The molecule has 0 fully saturated rings. The van der Waals surface area contributed by atoms with Crippen molar-refractivity contribution in [1.29, 1.82) is 0 Å². The molecule has 1 radical (unpaired) electrons. The highest BCUT2D eigenvalue weighted by atomic mass is 27.2. The fourth-order valence-corrected chi connectivity index (χ4v) is 0.479. The molecule has 0 aliphatic heterocycles. The van der Waals surface area contributed by atoms with Crippen LogP contribution < -0.4 is 0 Å². The van der Waals surface area contributed by atoms with Crippen molar-refractivity contribution in [2.24, 2.45) is 0 Å². The highest BCUT2D eigenvalue weighted by Crippen LogP contribution is 1.75. The zero-order valence-corrected chi connectivity index (χ0v) is 7.37. The molecule has 0 bridgehead atoms. The van der Waals surface area contributed by atoms with Crippen LogP contribution in [0.3, 0.4) is 0 Å². The lowest BCUT2D eigenvalue weighted by molar-refractivity contribution is -0.136. The van der Waals surface area contributed by atoms with Gasteiger partial charge in [0.05, 0.1) is 0 Å². The molecule has 4 N–H and O–H groups in total. The lowest BCUT2D eigenvalue weighted by Gasteiger charge is -1.97. The molecule has 65 valence electrons. The lowest BCUT2D eigenvalue weighted by Crippen LogP contribution is -2.11. The molecule has 0 unspecified atom stereocenters. The number of carbonyl (C=O) groups is 2. The Hall–Kier alpha value is -0.608. The van der Waals surface area contributed by atoms with Crippen molar-refractivity contribution in [3.63, 3.8) is 0 Å². The molecule has 11 heavy (non-hydrogen) atoms. The standard InChI is InChI=1S/2C2H4O2.Al.2H2O/c2*1-2(3)4;;;/h2*1H3,(H,3,4);;2*1H2/q;;+2;;/p-2. The predicted molar refractivity (Wildman–Crippen MR) is 36.5 cm³/mol. The van der Waals surface area contributed by atoms with E-state index in [2.05, 4.69) is 7.58 Å². The Balaban J connectivity index is -0.000000320. The van der Waals surface area contributed by atoms with Gasteiger partial charge in [-0.2, -0.15) is 0 Å². The van der Waals surface area contributed by atoms with Crippen molar-refractivity contribution in [3.8, 4) is 0 Å². The van der Waals surface area contributed by atoms with Crippen LogP contribution in [0.25, 0.3) is 0 Å². The van der Waals surface area contributed by atoms with Crippen LogP contribution in [-0.2, 0) is 17.2 Å². The molecule has 0 aromatic heterocycles. The second kappa shape index (κ2) is 9.39. The fourth-order valence-electron chi connectivity index (χ4n) is 0.160. The largest absolute Gasteiger partial charge is 0.885 e. The first-order valence-corrected chi connectivity index (χ1v) is 3.23. The third-order valence-corrected chi connectivity index (χ3v) is 1.28. The molecule has 0 aromatic rings. The van der Waals surface area contributed by atoms with Crippen molar-refractivity contribution >= 4 is 27.8 Å². The first kappa shape index (κ1) is 16.8. The van der Waals surface area contributed by atoms with Gasteiger partial charge in [0.25, 0.3) is 11.9 Å². The van der Waals surface area contributed by atoms with Crippen molar-refractivity contribution in [2.75, 3.05) is 0 Å². The number of carbonyl (C=O) groups excluding carboxylic acids is 2. The minimum Gasteiger partial charge on any atom is -0.590 e. The minimum absolute atomic E-state index is 0. The quantitative estimate of drug-likeness (QED) is 0.458. The van der Waals surface area contributed by atoms with Crippen molar-refractivity contribution in [3.05, 3.63) is 0 Å². The molecular weight excluding hydrogens is 171 g/mol. The van der Waals surface area contributed by atoms with E-state index in [0.29, 0.717) is 0 Å². The summed E-state index contributed by atoms with van der Waals surface area (Å²) < 4.78 is 8.71. The topological polar surface area (TPSA) is 116 Å². The molecule has 0 heterocycles. The van der Waals surface area contributed by atoms with Gasteiger partial charge < -0.3 is 18.5 Å². The van der Waals surface area contributed by atoms with Gasteiger partial charge in [-0.1, -0.05) is 0 Å². The molecule has 0 saturated heterocycles. The van der Waals surface area contributed by atoms with Crippen LogP contribution in [-0.4, -0.2) is 38.8 Å². The normalized spacial score (nSPS) is 6.36. The van der Waals surface area contributed by atoms with Crippen molar-refractivity contribution in [1.82, 2.24) is 0 Å². The molecule has 7 heteroatoms. The Morgan fingerprint density at radius 3 is 1.45 bits per heavy atom. The van der Waals surface area contributed by atoms with Gasteiger partial charge in [-0.15, -0.1) is 0 Å². The molecule has 0 amide bonds. The van der Waals surface area contributed by atoms with E-state index in [1.165, 1.54) is 13.8 Å². The Morgan fingerprint density at radius 2 is 1.27 bits per heavy atom. The third kappa shape index (κ3) is 17.7. The summed E-state index contributed by atoms with van der Waals surface area (Å²) in [4.78, 5) is 20.1. The Morgan fingerprint density at radius 1 is 1.00 bits per heavy atom. The monoisotopic (exact) mass is 181 g/mol. The van der Waals surface area contributed by atoms with Crippen LogP contribution >= 0.6 is 0 Å². The molecule has 0 rings (SSSR count). The summed E-state index contributed by atoms with van der Waals surface area (Å²) in [6.07, 6.45) is 0. The highest BCUT2D eigenvalue weighted by Gasteiger charge is 2.06. The highest BCUT2D eigenvalue weighted by molar-refractivity contribution is 6.25. The number of hydrogen-bond donors (Lipinski definition) is 0. The summed E-state index contributed by atoms with van der Waals surface area (Å²) in [5.41, 5.74) is 0. The SMILES string of the molecule is CC(=O)[O][Al][O]C(C)=O.O.O. The lowest BCUT2D eigenvalue weighted by atomic mass is 10.9. The third-order valence-electron chi connectivity index (χ3n) is 0.428. The summed E-state index contributed by atoms with van der Waals surface area (Å²) >= 11 is -0.944. The zero-order chi connectivity index (χ0) is 7.28. The molecule has 0 spiro atoms. The minimum atomic E-state index is -0.944. The van der Waals surface area contributed by atoms with Gasteiger partial charge in [0.15, 0.2) is 0 Å². The smallest absolute Gasteiger partial charge is 0.590 e. The molecule has 0 aromatic carbocycles. The van der Waals surface area contributed by atoms with Crippen LogP contribution in [0, 0.1) is 0 Å². The maximum absolute atomic E-state index is 10.0. The summed E-state index contributed by atoms with van der Waals surface area (Å²) in [7, 11) is 0. The molecule has 6 nitrogen and oxygen atoms in total. The van der Waals surface area contributed by atoms with E-state index in [4.69, 9.17) is 0 Å². The summed E-state index contributed by atoms with van der Waals surface area (Å²) in [6, 6.07) is 0. The molecular formula is C4H10AlO6. The van der Waals surface area contributed by atoms with Gasteiger partial charge in [0, 0.05) is 13.8 Å². The van der Waals surface area contributed by atoms with E-state index >= 15 is 0 Å². The number of rotatable bonds is 2. The average Bonchev–Trinajstić information content (AvgIpc) is 1.63. The van der Waals surface area contributed by atoms with Crippen LogP contribution in [0.5, 0.6) is 0 Å². The predicted octanol–water partition coefficient (Wildman–Crippen LogP) is -2.00. The molecule has 0 saturated carbocycles. The van der Waals surface area contributed by atoms with Crippen LogP contribution in [0.1, 0.15) is 13.8 Å². The summed E-state index contributed by atoms with van der Waals surface area (Å²) in [5.74, 6) is -0.850. The zero-order valence-electron chi connectivity index (χ0n) is 6.21. The fraction of sp³-hybridized carbons (Fsp3) is 0.500. The average molecular weight is 181 g/mol. The van der Waals surface area contributed by atoms with E-state index in [1.807, 2.05) is 0 Å². The van der Waals surface area contributed by atoms with Crippen LogP contribution in [0.4, 0.5) is 0 Å². The Kier molecular flexibility index (Phi) is 14.3. The summed E-state index contributed by atoms with van der Waals surface area (Å²) in [6.45, 7) is 2.52. The molecule has 0 aliphatic carbocycles.